The Morgan fingerprint density at radius 2 is 2.15 bits per heavy atom. The summed E-state index contributed by atoms with van der Waals surface area (Å²) in [5.41, 5.74) is 0.955. The molecule has 108 valence electrons. The summed E-state index contributed by atoms with van der Waals surface area (Å²) in [5.74, 6) is -0.341. The monoisotopic (exact) mass is 295 g/mol. The lowest BCUT2D eigenvalue weighted by Gasteiger charge is -2.22. The molecule has 0 N–H and O–H groups in total. The first-order valence-corrected chi connectivity index (χ1v) is 7.12. The van der Waals surface area contributed by atoms with Crippen molar-refractivity contribution in [1.82, 2.24) is 4.90 Å². The summed E-state index contributed by atoms with van der Waals surface area (Å²) in [7, 11) is 1.35. The molecular formula is C15H18ClNO3. The number of ether oxygens (including phenoxy) is 1. The van der Waals surface area contributed by atoms with E-state index in [0.717, 1.165) is 12.0 Å². The van der Waals surface area contributed by atoms with Crippen LogP contribution in [0.2, 0.25) is 5.02 Å². The van der Waals surface area contributed by atoms with Crippen LogP contribution in [0.25, 0.3) is 0 Å². The highest BCUT2D eigenvalue weighted by atomic mass is 35.5. The zero-order valence-electron chi connectivity index (χ0n) is 11.5. The van der Waals surface area contributed by atoms with Crippen molar-refractivity contribution in [3.05, 3.63) is 34.9 Å². The fourth-order valence-corrected chi connectivity index (χ4v) is 2.76. The van der Waals surface area contributed by atoms with E-state index in [1.165, 1.54) is 7.11 Å². The van der Waals surface area contributed by atoms with Crippen LogP contribution in [0, 0.1) is 0 Å². The Labute approximate surface area is 123 Å². The number of methoxy groups -OCH3 is 1. The van der Waals surface area contributed by atoms with Gasteiger partial charge in [-0.05, 0) is 30.9 Å². The molecule has 1 amide bonds. The summed E-state index contributed by atoms with van der Waals surface area (Å²) < 4.78 is 4.74. The first-order valence-electron chi connectivity index (χ1n) is 6.74. The standard InChI is InChI=1S/C15H18ClNO3/c1-20-15(19)13-7-4-10-17(13)14(18)9-8-11-5-2-3-6-12(11)16/h2-3,5-6,13H,4,7-10H2,1H3. The molecule has 1 saturated heterocycles. The van der Waals surface area contributed by atoms with Crippen molar-refractivity contribution in [2.75, 3.05) is 13.7 Å². The number of hydrogen-bond donors (Lipinski definition) is 0. The summed E-state index contributed by atoms with van der Waals surface area (Å²) >= 11 is 6.07. The van der Waals surface area contributed by atoms with Crippen molar-refractivity contribution in [3.63, 3.8) is 0 Å². The van der Waals surface area contributed by atoms with E-state index in [1.807, 2.05) is 24.3 Å². The molecule has 1 aromatic rings. The molecule has 1 aromatic carbocycles. The normalized spacial score (nSPS) is 18.1. The van der Waals surface area contributed by atoms with Crippen LogP contribution in [-0.4, -0.2) is 36.5 Å². The Morgan fingerprint density at radius 3 is 2.85 bits per heavy atom. The zero-order chi connectivity index (χ0) is 14.5. The second-order valence-electron chi connectivity index (χ2n) is 4.86. The molecule has 1 aliphatic heterocycles. The van der Waals surface area contributed by atoms with Crippen LogP contribution in [0.3, 0.4) is 0 Å². The number of halogens is 1. The molecule has 1 atom stereocenters. The van der Waals surface area contributed by atoms with Gasteiger partial charge in [-0.3, -0.25) is 4.79 Å². The van der Waals surface area contributed by atoms with Crippen LogP contribution >= 0.6 is 11.6 Å². The van der Waals surface area contributed by atoms with Crippen molar-refractivity contribution >= 4 is 23.5 Å². The van der Waals surface area contributed by atoms with Gasteiger partial charge in [0.05, 0.1) is 7.11 Å². The number of amides is 1. The largest absolute Gasteiger partial charge is 0.467 e. The molecule has 0 bridgehead atoms. The summed E-state index contributed by atoms with van der Waals surface area (Å²) in [6, 6.07) is 7.07. The Morgan fingerprint density at radius 1 is 1.40 bits per heavy atom. The van der Waals surface area contributed by atoms with Crippen molar-refractivity contribution < 1.29 is 14.3 Å². The van der Waals surface area contributed by atoms with Gasteiger partial charge in [0, 0.05) is 18.0 Å². The molecule has 2 rings (SSSR count). The average Bonchev–Trinajstić information content (AvgIpc) is 2.94. The molecule has 1 aliphatic rings. The van der Waals surface area contributed by atoms with Gasteiger partial charge in [-0.1, -0.05) is 29.8 Å². The van der Waals surface area contributed by atoms with Crippen LogP contribution in [0.4, 0.5) is 0 Å². The molecule has 0 aliphatic carbocycles. The predicted octanol–water partition coefficient (Wildman–Crippen LogP) is 2.44. The molecule has 0 saturated carbocycles. The summed E-state index contributed by atoms with van der Waals surface area (Å²) in [6.45, 7) is 0.626. The first kappa shape index (κ1) is 14.9. The van der Waals surface area contributed by atoms with Gasteiger partial charge in [-0.2, -0.15) is 0 Å². The third-order valence-electron chi connectivity index (χ3n) is 3.61. The quantitative estimate of drug-likeness (QED) is 0.802. The van der Waals surface area contributed by atoms with Gasteiger partial charge in [0.1, 0.15) is 6.04 Å². The number of esters is 1. The lowest BCUT2D eigenvalue weighted by Crippen LogP contribution is -2.41. The van der Waals surface area contributed by atoms with E-state index in [1.54, 1.807) is 4.90 Å². The molecule has 4 nitrogen and oxygen atoms in total. The number of carbonyl (C=O) groups is 2. The molecule has 0 aromatic heterocycles. The third kappa shape index (κ3) is 3.31. The lowest BCUT2D eigenvalue weighted by atomic mass is 10.1. The molecule has 1 unspecified atom stereocenters. The van der Waals surface area contributed by atoms with Gasteiger partial charge >= 0.3 is 5.97 Å². The van der Waals surface area contributed by atoms with E-state index in [-0.39, 0.29) is 11.9 Å². The molecule has 5 heteroatoms. The number of nitrogens with zero attached hydrogens (tertiary/aromatic N) is 1. The predicted molar refractivity (Wildman–Crippen MR) is 76.5 cm³/mol. The number of benzene rings is 1. The van der Waals surface area contributed by atoms with E-state index >= 15 is 0 Å². The van der Waals surface area contributed by atoms with Gasteiger partial charge in [0.25, 0.3) is 0 Å². The van der Waals surface area contributed by atoms with Crippen LogP contribution in [-0.2, 0) is 20.7 Å². The minimum absolute atomic E-state index is 0.0159. The van der Waals surface area contributed by atoms with E-state index in [0.29, 0.717) is 30.8 Å². The molecule has 0 radical (unpaired) electrons. The zero-order valence-corrected chi connectivity index (χ0v) is 12.2. The SMILES string of the molecule is COC(=O)C1CCCN1C(=O)CCc1ccccc1Cl. The van der Waals surface area contributed by atoms with E-state index < -0.39 is 6.04 Å². The summed E-state index contributed by atoms with van der Waals surface area (Å²) in [4.78, 5) is 25.5. The van der Waals surface area contributed by atoms with Gasteiger partial charge in [0.15, 0.2) is 0 Å². The maximum Gasteiger partial charge on any atom is 0.328 e. The number of hydrogen-bond acceptors (Lipinski definition) is 3. The molecule has 20 heavy (non-hydrogen) atoms. The Bertz CT molecular complexity index is 504. The fourth-order valence-electron chi connectivity index (χ4n) is 2.53. The Kier molecular flexibility index (Phi) is 5.01. The van der Waals surface area contributed by atoms with Gasteiger partial charge in [-0.15, -0.1) is 0 Å². The minimum Gasteiger partial charge on any atom is -0.467 e. The topological polar surface area (TPSA) is 46.6 Å². The maximum absolute atomic E-state index is 12.2. The van der Waals surface area contributed by atoms with Gasteiger partial charge < -0.3 is 9.64 Å². The van der Waals surface area contributed by atoms with Crippen LogP contribution in [0.15, 0.2) is 24.3 Å². The second-order valence-corrected chi connectivity index (χ2v) is 5.27. The molecular weight excluding hydrogens is 278 g/mol. The fraction of sp³-hybridized carbons (Fsp3) is 0.467. The van der Waals surface area contributed by atoms with Gasteiger partial charge in [0.2, 0.25) is 5.91 Å². The van der Waals surface area contributed by atoms with Crippen LogP contribution in [0.5, 0.6) is 0 Å². The summed E-state index contributed by atoms with van der Waals surface area (Å²) in [5, 5.41) is 0.672. The second kappa shape index (κ2) is 6.75. The van der Waals surface area contributed by atoms with Gasteiger partial charge in [-0.25, -0.2) is 4.79 Å². The maximum atomic E-state index is 12.2. The van der Waals surface area contributed by atoms with Crippen molar-refractivity contribution in [3.8, 4) is 0 Å². The third-order valence-corrected chi connectivity index (χ3v) is 3.98. The van der Waals surface area contributed by atoms with Crippen molar-refractivity contribution in [2.24, 2.45) is 0 Å². The van der Waals surface area contributed by atoms with Crippen molar-refractivity contribution in [1.29, 1.82) is 0 Å². The Balaban J connectivity index is 1.95. The first-order chi connectivity index (χ1) is 9.63. The highest BCUT2D eigenvalue weighted by Gasteiger charge is 2.34. The van der Waals surface area contributed by atoms with Crippen LogP contribution < -0.4 is 0 Å². The van der Waals surface area contributed by atoms with Crippen molar-refractivity contribution in [2.45, 2.75) is 31.7 Å². The average molecular weight is 296 g/mol. The molecule has 1 fully saturated rings. The highest BCUT2D eigenvalue weighted by Crippen LogP contribution is 2.21. The summed E-state index contributed by atoms with van der Waals surface area (Å²) in [6.07, 6.45) is 2.47. The highest BCUT2D eigenvalue weighted by molar-refractivity contribution is 6.31. The number of carbonyl (C=O) groups excluding carboxylic acids is 2. The molecule has 0 spiro atoms. The number of likely N-dealkylation sites (tertiary alicyclic amines) is 1. The number of aryl methyl sites for hydroxylation is 1. The van der Waals surface area contributed by atoms with Crippen LogP contribution in [0.1, 0.15) is 24.8 Å². The smallest absolute Gasteiger partial charge is 0.328 e. The molecule has 1 heterocycles. The number of rotatable bonds is 4. The Hall–Kier alpha value is -1.55. The van der Waals surface area contributed by atoms with E-state index in [9.17, 15) is 9.59 Å². The lowest BCUT2D eigenvalue weighted by molar-refractivity contribution is -0.150. The van der Waals surface area contributed by atoms with E-state index in [4.69, 9.17) is 16.3 Å². The van der Waals surface area contributed by atoms with E-state index in [2.05, 4.69) is 0 Å². The minimum atomic E-state index is -0.418.